The number of benzene rings is 1. The lowest BCUT2D eigenvalue weighted by atomic mass is 10.1. The fourth-order valence-electron chi connectivity index (χ4n) is 2.83. The van der Waals surface area contributed by atoms with Crippen LogP contribution in [0.1, 0.15) is 30.4 Å². The van der Waals surface area contributed by atoms with Gasteiger partial charge in [0.25, 0.3) is 0 Å². The van der Waals surface area contributed by atoms with Gasteiger partial charge in [-0.05, 0) is 32.3 Å². The topological polar surface area (TPSA) is 64.1 Å². The summed E-state index contributed by atoms with van der Waals surface area (Å²) in [5.41, 5.74) is 1.62. The summed E-state index contributed by atoms with van der Waals surface area (Å²) in [5, 5.41) is 6.30. The van der Waals surface area contributed by atoms with Crippen molar-refractivity contribution in [1.82, 2.24) is 10.6 Å². The van der Waals surface area contributed by atoms with Crippen molar-refractivity contribution in [3.63, 3.8) is 0 Å². The Balaban J connectivity index is 0.00000392. The van der Waals surface area contributed by atoms with Crippen molar-refractivity contribution in [3.8, 4) is 5.75 Å². The van der Waals surface area contributed by atoms with Gasteiger partial charge in [0.05, 0.1) is 12.7 Å². The Morgan fingerprint density at radius 1 is 1.36 bits per heavy atom. The molecular weight excluding hydrogens is 483 g/mol. The highest BCUT2D eigenvalue weighted by molar-refractivity contribution is 14.0. The number of aryl methyl sites for hydroxylation is 1. The largest absolute Gasteiger partial charge is 0.434 e. The molecule has 1 aromatic rings. The molecular formula is C19H30F2IN3O3. The van der Waals surface area contributed by atoms with E-state index in [-0.39, 0.29) is 35.8 Å². The lowest BCUT2D eigenvalue weighted by Gasteiger charge is -2.15. The van der Waals surface area contributed by atoms with Crippen molar-refractivity contribution in [2.45, 2.75) is 45.4 Å². The second-order valence-electron chi connectivity index (χ2n) is 6.41. The molecule has 6 nitrogen and oxygen atoms in total. The van der Waals surface area contributed by atoms with E-state index in [2.05, 4.69) is 20.4 Å². The minimum atomic E-state index is -2.85. The number of guanidine groups is 1. The Morgan fingerprint density at radius 2 is 2.18 bits per heavy atom. The SMILES string of the molecule is CN=C(NCCCOCC1CCCO1)NCc1cc(C)ccc1OC(F)F.I. The Kier molecular flexibility index (Phi) is 12.3. The molecule has 1 fully saturated rings. The maximum atomic E-state index is 12.5. The summed E-state index contributed by atoms with van der Waals surface area (Å²) < 4.78 is 40.8. The molecule has 0 aromatic heterocycles. The maximum absolute atomic E-state index is 12.5. The molecule has 1 saturated heterocycles. The number of rotatable bonds is 10. The van der Waals surface area contributed by atoms with Crippen molar-refractivity contribution >= 4 is 29.9 Å². The van der Waals surface area contributed by atoms with Crippen LogP contribution in [0.25, 0.3) is 0 Å². The third kappa shape index (κ3) is 9.33. The predicted molar refractivity (Wildman–Crippen MR) is 116 cm³/mol. The highest BCUT2D eigenvalue weighted by atomic mass is 127. The Bertz CT molecular complexity index is 600. The molecule has 0 aliphatic carbocycles. The van der Waals surface area contributed by atoms with Crippen LogP contribution in [-0.2, 0) is 16.0 Å². The van der Waals surface area contributed by atoms with Gasteiger partial charge in [-0.2, -0.15) is 8.78 Å². The number of hydrogen-bond acceptors (Lipinski definition) is 4. The average molecular weight is 513 g/mol. The Hall–Kier alpha value is -1.20. The third-order valence-electron chi connectivity index (χ3n) is 4.19. The Morgan fingerprint density at radius 3 is 2.86 bits per heavy atom. The van der Waals surface area contributed by atoms with Crippen LogP contribution in [0.4, 0.5) is 8.78 Å². The normalized spacial score (nSPS) is 16.8. The predicted octanol–water partition coefficient (Wildman–Crippen LogP) is 3.47. The summed E-state index contributed by atoms with van der Waals surface area (Å²) in [4.78, 5) is 4.14. The van der Waals surface area contributed by atoms with E-state index in [1.807, 2.05) is 13.0 Å². The van der Waals surface area contributed by atoms with Crippen LogP contribution in [0.5, 0.6) is 5.75 Å². The maximum Gasteiger partial charge on any atom is 0.387 e. The van der Waals surface area contributed by atoms with Crippen LogP contribution in [0.3, 0.4) is 0 Å². The highest BCUT2D eigenvalue weighted by Gasteiger charge is 2.15. The van der Waals surface area contributed by atoms with Gasteiger partial charge in [-0.25, -0.2) is 0 Å². The summed E-state index contributed by atoms with van der Waals surface area (Å²) in [7, 11) is 1.66. The molecule has 0 radical (unpaired) electrons. The molecule has 0 spiro atoms. The first-order valence-corrected chi connectivity index (χ1v) is 9.26. The molecule has 160 valence electrons. The van der Waals surface area contributed by atoms with Gasteiger partial charge in [0, 0.05) is 38.9 Å². The van der Waals surface area contributed by atoms with E-state index in [4.69, 9.17) is 9.47 Å². The van der Waals surface area contributed by atoms with Crippen LogP contribution in [-0.4, -0.2) is 52.1 Å². The number of nitrogens with one attached hydrogen (secondary N) is 2. The van der Waals surface area contributed by atoms with Gasteiger partial charge in [0.15, 0.2) is 5.96 Å². The van der Waals surface area contributed by atoms with Gasteiger partial charge in [0.2, 0.25) is 0 Å². The summed E-state index contributed by atoms with van der Waals surface area (Å²) in [5.74, 6) is 0.764. The molecule has 1 unspecified atom stereocenters. The fourth-order valence-corrected chi connectivity index (χ4v) is 2.83. The zero-order chi connectivity index (χ0) is 19.5. The molecule has 0 amide bonds. The van der Waals surface area contributed by atoms with Crippen molar-refractivity contribution in [2.24, 2.45) is 4.99 Å². The molecule has 28 heavy (non-hydrogen) atoms. The van der Waals surface area contributed by atoms with E-state index in [0.717, 1.165) is 31.4 Å². The second-order valence-corrected chi connectivity index (χ2v) is 6.41. The van der Waals surface area contributed by atoms with Crippen LogP contribution in [0.15, 0.2) is 23.2 Å². The summed E-state index contributed by atoms with van der Waals surface area (Å²) in [6, 6.07) is 5.11. The number of aliphatic imine (C=N–C) groups is 1. The van der Waals surface area contributed by atoms with E-state index in [9.17, 15) is 8.78 Å². The van der Waals surface area contributed by atoms with Gasteiger partial charge < -0.3 is 24.8 Å². The van der Waals surface area contributed by atoms with Gasteiger partial charge in [-0.15, -0.1) is 24.0 Å². The summed E-state index contributed by atoms with van der Waals surface area (Å²) in [6.07, 6.45) is 3.26. The highest BCUT2D eigenvalue weighted by Crippen LogP contribution is 2.21. The molecule has 9 heteroatoms. The first-order valence-electron chi connectivity index (χ1n) is 9.26. The number of hydrogen-bond donors (Lipinski definition) is 2. The first-order chi connectivity index (χ1) is 13.1. The Labute approximate surface area is 182 Å². The molecule has 1 aliphatic rings. The van der Waals surface area contributed by atoms with Crippen LogP contribution >= 0.6 is 24.0 Å². The van der Waals surface area contributed by atoms with Crippen LogP contribution in [0.2, 0.25) is 0 Å². The van der Waals surface area contributed by atoms with Gasteiger partial charge in [-0.3, -0.25) is 4.99 Å². The van der Waals surface area contributed by atoms with Crippen molar-refractivity contribution < 1.29 is 23.0 Å². The number of alkyl halides is 2. The molecule has 1 heterocycles. The van der Waals surface area contributed by atoms with Gasteiger partial charge >= 0.3 is 6.61 Å². The van der Waals surface area contributed by atoms with Crippen molar-refractivity contribution in [1.29, 1.82) is 0 Å². The van der Waals surface area contributed by atoms with Crippen molar-refractivity contribution in [3.05, 3.63) is 29.3 Å². The minimum absolute atomic E-state index is 0. The van der Waals surface area contributed by atoms with Crippen molar-refractivity contribution in [2.75, 3.05) is 33.4 Å². The second kappa shape index (κ2) is 13.9. The standard InChI is InChI=1S/C19H29F2N3O3.HI/c1-14-6-7-17(27-18(20)21)15(11-14)12-24-19(22-2)23-8-4-9-25-13-16-5-3-10-26-16;/h6-7,11,16,18H,3-5,8-10,12-13H2,1-2H3,(H2,22,23,24);1H. The van der Waals surface area contributed by atoms with E-state index in [1.54, 1.807) is 19.2 Å². The molecule has 1 aromatic carbocycles. The number of ether oxygens (including phenoxy) is 3. The lowest BCUT2D eigenvalue weighted by molar-refractivity contribution is -0.0504. The van der Waals surface area contributed by atoms with E-state index in [0.29, 0.717) is 37.8 Å². The van der Waals surface area contributed by atoms with Gasteiger partial charge in [-0.1, -0.05) is 17.7 Å². The number of halogens is 3. The molecule has 0 bridgehead atoms. The summed E-state index contributed by atoms with van der Waals surface area (Å²) in [6.45, 7) is 2.21. The van der Waals surface area contributed by atoms with Crippen LogP contribution in [0, 0.1) is 6.92 Å². The summed E-state index contributed by atoms with van der Waals surface area (Å²) >= 11 is 0. The molecule has 1 aliphatic heterocycles. The van der Waals surface area contributed by atoms with Crippen LogP contribution < -0.4 is 15.4 Å². The minimum Gasteiger partial charge on any atom is -0.434 e. The zero-order valence-electron chi connectivity index (χ0n) is 16.4. The average Bonchev–Trinajstić information content (AvgIpc) is 3.15. The molecule has 0 saturated carbocycles. The molecule has 2 N–H and O–H groups in total. The van der Waals surface area contributed by atoms with E-state index >= 15 is 0 Å². The first kappa shape index (κ1) is 24.8. The number of nitrogens with zero attached hydrogens (tertiary/aromatic N) is 1. The fraction of sp³-hybridized carbons (Fsp3) is 0.632. The monoisotopic (exact) mass is 513 g/mol. The van der Waals surface area contributed by atoms with E-state index in [1.165, 1.54) is 0 Å². The molecule has 2 rings (SSSR count). The van der Waals surface area contributed by atoms with Gasteiger partial charge in [0.1, 0.15) is 5.75 Å². The smallest absolute Gasteiger partial charge is 0.387 e. The molecule has 1 atom stereocenters. The van der Waals surface area contributed by atoms with E-state index < -0.39 is 6.61 Å². The lowest BCUT2D eigenvalue weighted by Crippen LogP contribution is -2.37. The third-order valence-corrected chi connectivity index (χ3v) is 4.19. The quantitative estimate of drug-likeness (QED) is 0.217. The zero-order valence-corrected chi connectivity index (χ0v) is 18.7.